The van der Waals surface area contributed by atoms with Gasteiger partial charge in [0.25, 0.3) is 5.91 Å². The van der Waals surface area contributed by atoms with Gasteiger partial charge >= 0.3 is 0 Å². The number of carbonyl (C=O) groups is 1. The van der Waals surface area contributed by atoms with Crippen molar-refractivity contribution in [2.75, 3.05) is 10.6 Å². The summed E-state index contributed by atoms with van der Waals surface area (Å²) >= 11 is 0. The van der Waals surface area contributed by atoms with Gasteiger partial charge in [-0.15, -0.1) is 0 Å². The molecule has 2 N–H and O–H groups in total. The first-order valence-electron chi connectivity index (χ1n) is 8.15. The van der Waals surface area contributed by atoms with E-state index in [1.54, 1.807) is 6.26 Å². The summed E-state index contributed by atoms with van der Waals surface area (Å²) in [4.78, 5) is 20.8. The number of hydrogen-bond acceptors (Lipinski definition) is 5. The minimum absolute atomic E-state index is 0.221. The van der Waals surface area contributed by atoms with Crippen molar-refractivity contribution in [2.45, 2.75) is 26.8 Å². The van der Waals surface area contributed by atoms with E-state index in [-0.39, 0.29) is 5.91 Å². The Morgan fingerprint density at radius 3 is 2.64 bits per heavy atom. The van der Waals surface area contributed by atoms with E-state index in [1.807, 2.05) is 37.3 Å². The van der Waals surface area contributed by atoms with E-state index in [4.69, 9.17) is 4.42 Å². The molecule has 3 rings (SSSR count). The number of para-hydroxylation sites is 1. The summed E-state index contributed by atoms with van der Waals surface area (Å²) in [5.41, 5.74) is 3.40. The number of amides is 1. The Labute approximate surface area is 146 Å². The molecule has 128 valence electrons. The van der Waals surface area contributed by atoms with E-state index in [1.165, 1.54) is 12.4 Å². The number of carbonyl (C=O) groups excluding carboxylic acids is 1. The van der Waals surface area contributed by atoms with Crippen LogP contribution >= 0.6 is 0 Å². The van der Waals surface area contributed by atoms with Crippen LogP contribution in [0.2, 0.25) is 0 Å². The highest BCUT2D eigenvalue weighted by atomic mass is 16.3. The molecular weight excluding hydrogens is 316 g/mol. The molecular formula is C19H20N4O2. The molecule has 0 atom stereocenters. The second kappa shape index (κ2) is 7.61. The van der Waals surface area contributed by atoms with Crippen LogP contribution < -0.4 is 10.6 Å². The van der Waals surface area contributed by atoms with Gasteiger partial charge in [-0.3, -0.25) is 4.79 Å². The number of benzene rings is 1. The van der Waals surface area contributed by atoms with Crippen molar-refractivity contribution < 1.29 is 9.21 Å². The largest absolute Gasteiger partial charge is 0.467 e. The molecule has 0 aliphatic carbocycles. The van der Waals surface area contributed by atoms with E-state index in [2.05, 4.69) is 27.5 Å². The fourth-order valence-corrected chi connectivity index (χ4v) is 2.50. The summed E-state index contributed by atoms with van der Waals surface area (Å²) in [6.45, 7) is 4.53. The maximum atomic E-state index is 12.5. The van der Waals surface area contributed by atoms with Crippen LogP contribution in [0.15, 0.2) is 53.4 Å². The smallest absolute Gasteiger partial charge is 0.258 e. The monoisotopic (exact) mass is 336 g/mol. The number of nitrogens with zero attached hydrogens (tertiary/aromatic N) is 2. The van der Waals surface area contributed by atoms with Crippen LogP contribution in [0.4, 0.5) is 11.6 Å². The van der Waals surface area contributed by atoms with E-state index in [0.717, 1.165) is 29.0 Å². The number of hydrogen-bond donors (Lipinski definition) is 2. The van der Waals surface area contributed by atoms with E-state index >= 15 is 0 Å². The molecule has 0 aliphatic rings. The van der Waals surface area contributed by atoms with Gasteiger partial charge in [-0.05, 0) is 36.6 Å². The molecule has 0 saturated carbocycles. The van der Waals surface area contributed by atoms with Crippen LogP contribution in [0.3, 0.4) is 0 Å². The topological polar surface area (TPSA) is 80.0 Å². The Balaban J connectivity index is 1.67. The lowest BCUT2D eigenvalue weighted by molar-refractivity contribution is 0.102. The molecule has 0 aliphatic heterocycles. The molecule has 6 nitrogen and oxygen atoms in total. The van der Waals surface area contributed by atoms with Gasteiger partial charge < -0.3 is 15.1 Å². The molecule has 25 heavy (non-hydrogen) atoms. The Morgan fingerprint density at radius 2 is 1.96 bits per heavy atom. The van der Waals surface area contributed by atoms with Crippen molar-refractivity contribution in [3.05, 3.63) is 71.4 Å². The fourth-order valence-electron chi connectivity index (χ4n) is 2.50. The molecule has 1 aromatic carbocycles. The van der Waals surface area contributed by atoms with Crippen molar-refractivity contribution >= 4 is 17.5 Å². The highest BCUT2D eigenvalue weighted by molar-refractivity contribution is 6.04. The Hall–Kier alpha value is -3.15. The molecule has 0 bridgehead atoms. The average molecular weight is 336 g/mol. The van der Waals surface area contributed by atoms with Gasteiger partial charge in [0.15, 0.2) is 0 Å². The molecule has 0 fully saturated rings. The van der Waals surface area contributed by atoms with Crippen LogP contribution in [-0.4, -0.2) is 15.9 Å². The molecule has 1 amide bonds. The van der Waals surface area contributed by atoms with Gasteiger partial charge in [0.1, 0.15) is 5.76 Å². The van der Waals surface area contributed by atoms with Gasteiger partial charge in [0.2, 0.25) is 5.95 Å². The Bertz CT molecular complexity index is 842. The van der Waals surface area contributed by atoms with Gasteiger partial charge in [-0.25, -0.2) is 9.97 Å². The first kappa shape index (κ1) is 16.7. The summed E-state index contributed by atoms with van der Waals surface area (Å²) in [6.07, 6.45) is 5.48. The van der Waals surface area contributed by atoms with E-state index in [9.17, 15) is 4.79 Å². The van der Waals surface area contributed by atoms with Crippen molar-refractivity contribution in [1.82, 2.24) is 9.97 Å². The lowest BCUT2D eigenvalue weighted by Crippen LogP contribution is -2.15. The Kier molecular flexibility index (Phi) is 5.09. The number of nitrogens with one attached hydrogen (secondary N) is 2. The zero-order valence-electron chi connectivity index (χ0n) is 14.2. The van der Waals surface area contributed by atoms with Crippen LogP contribution in [0.25, 0.3) is 0 Å². The SMILES string of the molecule is CCc1cccc(C)c1NC(=O)c1cnc(NCc2ccco2)nc1. The van der Waals surface area contributed by atoms with Gasteiger partial charge in [0.05, 0.1) is 18.4 Å². The van der Waals surface area contributed by atoms with Gasteiger partial charge in [0, 0.05) is 18.1 Å². The van der Waals surface area contributed by atoms with Crippen molar-refractivity contribution in [1.29, 1.82) is 0 Å². The molecule has 3 aromatic rings. The third-order valence-corrected chi connectivity index (χ3v) is 3.89. The summed E-state index contributed by atoms with van der Waals surface area (Å²) in [5.74, 6) is 1.01. The quantitative estimate of drug-likeness (QED) is 0.715. The minimum Gasteiger partial charge on any atom is -0.467 e. The molecule has 0 saturated heterocycles. The summed E-state index contributed by atoms with van der Waals surface area (Å²) < 4.78 is 5.23. The predicted molar refractivity (Wildman–Crippen MR) is 96.6 cm³/mol. The molecule has 0 radical (unpaired) electrons. The van der Waals surface area contributed by atoms with Gasteiger partial charge in [-0.1, -0.05) is 25.1 Å². The standard InChI is InChI=1S/C19H20N4O2/c1-3-14-7-4-6-13(2)17(14)23-18(24)15-10-20-19(21-11-15)22-12-16-8-5-9-25-16/h4-11H,3,12H2,1-2H3,(H,23,24)(H,20,21,22). The third-order valence-electron chi connectivity index (χ3n) is 3.89. The van der Waals surface area contributed by atoms with Crippen molar-refractivity contribution in [3.63, 3.8) is 0 Å². The summed E-state index contributed by atoms with van der Waals surface area (Å²) in [6, 6.07) is 9.67. The Morgan fingerprint density at radius 1 is 1.16 bits per heavy atom. The fraction of sp³-hybridized carbons (Fsp3) is 0.211. The molecule has 2 aromatic heterocycles. The maximum Gasteiger partial charge on any atom is 0.258 e. The zero-order chi connectivity index (χ0) is 17.6. The van der Waals surface area contributed by atoms with Crippen LogP contribution in [0.5, 0.6) is 0 Å². The lowest BCUT2D eigenvalue weighted by Gasteiger charge is -2.13. The first-order valence-corrected chi connectivity index (χ1v) is 8.15. The van der Waals surface area contributed by atoms with Crippen molar-refractivity contribution in [3.8, 4) is 0 Å². The van der Waals surface area contributed by atoms with Crippen molar-refractivity contribution in [2.24, 2.45) is 0 Å². The van der Waals surface area contributed by atoms with Crippen LogP contribution in [0.1, 0.15) is 34.2 Å². The maximum absolute atomic E-state index is 12.5. The zero-order valence-corrected chi connectivity index (χ0v) is 14.2. The van der Waals surface area contributed by atoms with E-state index < -0.39 is 0 Å². The number of aryl methyl sites for hydroxylation is 2. The normalized spacial score (nSPS) is 10.5. The highest BCUT2D eigenvalue weighted by Crippen LogP contribution is 2.21. The number of aromatic nitrogens is 2. The molecule has 2 heterocycles. The van der Waals surface area contributed by atoms with Crippen LogP contribution in [-0.2, 0) is 13.0 Å². The number of anilines is 2. The molecule has 0 spiro atoms. The predicted octanol–water partition coefficient (Wildman–Crippen LogP) is 3.80. The number of furan rings is 1. The van der Waals surface area contributed by atoms with Gasteiger partial charge in [-0.2, -0.15) is 0 Å². The van der Waals surface area contributed by atoms with E-state index in [0.29, 0.717) is 18.1 Å². The lowest BCUT2D eigenvalue weighted by atomic mass is 10.1. The minimum atomic E-state index is -0.221. The van der Waals surface area contributed by atoms with Crippen LogP contribution in [0, 0.1) is 6.92 Å². The number of rotatable bonds is 6. The summed E-state index contributed by atoms with van der Waals surface area (Å²) in [7, 11) is 0. The first-order chi connectivity index (χ1) is 12.2. The average Bonchev–Trinajstić information content (AvgIpc) is 3.15. The third kappa shape index (κ3) is 4.03. The molecule has 0 unspecified atom stereocenters. The summed E-state index contributed by atoms with van der Waals surface area (Å²) in [5, 5.41) is 6.01. The highest BCUT2D eigenvalue weighted by Gasteiger charge is 2.11. The second-order valence-corrected chi connectivity index (χ2v) is 5.64. The molecule has 6 heteroatoms. The second-order valence-electron chi connectivity index (χ2n) is 5.64.